The molecule has 0 unspecified atom stereocenters. The van der Waals surface area contributed by atoms with Crippen LogP contribution >= 0.6 is 11.8 Å². The summed E-state index contributed by atoms with van der Waals surface area (Å²) >= 11 is 1.85. The zero-order valence-electron chi connectivity index (χ0n) is 16.5. The zero-order valence-corrected chi connectivity index (χ0v) is 17.3. The highest BCUT2D eigenvalue weighted by molar-refractivity contribution is 7.99. The van der Waals surface area contributed by atoms with E-state index in [0.717, 1.165) is 42.5 Å². The summed E-state index contributed by atoms with van der Waals surface area (Å²) in [6, 6.07) is 10.4. The third-order valence-corrected chi connectivity index (χ3v) is 6.38. The fraction of sp³-hybridized carbons (Fsp3) is 0.318. The van der Waals surface area contributed by atoms with Gasteiger partial charge in [0.15, 0.2) is 0 Å². The average molecular weight is 407 g/mol. The van der Waals surface area contributed by atoms with Crippen molar-refractivity contribution >= 4 is 23.4 Å². The lowest BCUT2D eigenvalue weighted by molar-refractivity contribution is -0.0507. The van der Waals surface area contributed by atoms with Gasteiger partial charge in [0.05, 0.1) is 31.4 Å². The molecule has 0 amide bonds. The van der Waals surface area contributed by atoms with Crippen LogP contribution in [0, 0.1) is 0 Å². The third kappa shape index (κ3) is 3.14. The Bertz CT molecular complexity index is 1040. The molecule has 2 aliphatic heterocycles. The van der Waals surface area contributed by atoms with E-state index >= 15 is 0 Å². The molecule has 2 aromatic heterocycles. The number of fused-ring (bicyclic) bond motifs is 2. The molecule has 148 valence electrons. The van der Waals surface area contributed by atoms with Crippen LogP contribution in [0.25, 0.3) is 11.3 Å². The van der Waals surface area contributed by atoms with Gasteiger partial charge in [-0.05, 0) is 29.5 Å². The summed E-state index contributed by atoms with van der Waals surface area (Å²) in [5.74, 6) is 2.52. The first-order valence-electron chi connectivity index (χ1n) is 9.67. The lowest BCUT2D eigenvalue weighted by Gasteiger charge is -2.38. The number of aromatic nitrogens is 3. The number of pyridine rings is 1. The first-order valence-corrected chi connectivity index (χ1v) is 10.7. The molecule has 0 radical (unpaired) electrons. The van der Waals surface area contributed by atoms with E-state index in [1.54, 1.807) is 13.3 Å². The van der Waals surface area contributed by atoms with Gasteiger partial charge in [-0.3, -0.25) is 4.98 Å². The highest BCUT2D eigenvalue weighted by Crippen LogP contribution is 2.48. The minimum absolute atomic E-state index is 0.0567. The van der Waals surface area contributed by atoms with Gasteiger partial charge in [-0.15, -0.1) is 11.8 Å². The number of anilines is 2. The first-order chi connectivity index (χ1) is 14.2. The Hall–Kier alpha value is -2.64. The summed E-state index contributed by atoms with van der Waals surface area (Å²) < 4.78 is 10.9. The lowest BCUT2D eigenvalue weighted by Crippen LogP contribution is -2.49. The second-order valence-corrected chi connectivity index (χ2v) is 8.66. The summed E-state index contributed by atoms with van der Waals surface area (Å²) in [5, 5.41) is 0. The molecule has 1 fully saturated rings. The quantitative estimate of drug-likeness (QED) is 0.592. The van der Waals surface area contributed by atoms with Crippen LogP contribution in [-0.4, -0.2) is 47.6 Å². The van der Waals surface area contributed by atoms with Crippen molar-refractivity contribution in [2.45, 2.75) is 17.2 Å². The standard InChI is InChI=1S/C22H22N4O2S/c1-3-29-17-4-5-18-20(9-17)26(12-22(18)13-28-14-22)21-24-10-15(11-25-21)19-8-16(27-2)6-7-23-19/h4-11H,3,12-14H2,1-2H3. The van der Waals surface area contributed by atoms with E-state index in [0.29, 0.717) is 5.95 Å². The summed E-state index contributed by atoms with van der Waals surface area (Å²) in [6.07, 6.45) is 5.39. The van der Waals surface area contributed by atoms with Crippen LogP contribution < -0.4 is 9.64 Å². The van der Waals surface area contributed by atoms with E-state index < -0.39 is 0 Å². The van der Waals surface area contributed by atoms with Crippen LogP contribution in [0.3, 0.4) is 0 Å². The van der Waals surface area contributed by atoms with E-state index in [4.69, 9.17) is 9.47 Å². The van der Waals surface area contributed by atoms with E-state index in [2.05, 4.69) is 45.0 Å². The molecule has 0 saturated carbocycles. The van der Waals surface area contributed by atoms with Crippen LogP contribution in [0.1, 0.15) is 12.5 Å². The summed E-state index contributed by atoms with van der Waals surface area (Å²) in [6.45, 7) is 4.52. The molecule has 0 aliphatic carbocycles. The van der Waals surface area contributed by atoms with Gasteiger partial charge in [0.2, 0.25) is 5.95 Å². The van der Waals surface area contributed by atoms with Gasteiger partial charge in [-0.25, -0.2) is 9.97 Å². The Kier molecular flexibility index (Phi) is 4.64. The van der Waals surface area contributed by atoms with Gasteiger partial charge in [-0.2, -0.15) is 0 Å². The molecule has 0 atom stereocenters. The van der Waals surface area contributed by atoms with Crippen molar-refractivity contribution in [3.63, 3.8) is 0 Å². The highest BCUT2D eigenvalue weighted by atomic mass is 32.2. The second-order valence-electron chi connectivity index (χ2n) is 7.32. The topological polar surface area (TPSA) is 60.4 Å². The van der Waals surface area contributed by atoms with E-state index in [1.165, 1.54) is 16.1 Å². The van der Waals surface area contributed by atoms with Crippen molar-refractivity contribution in [3.8, 4) is 17.0 Å². The van der Waals surface area contributed by atoms with Gasteiger partial charge in [-0.1, -0.05) is 13.0 Å². The Morgan fingerprint density at radius 1 is 1.14 bits per heavy atom. The Morgan fingerprint density at radius 3 is 2.66 bits per heavy atom. The zero-order chi connectivity index (χ0) is 19.8. The molecule has 0 N–H and O–H groups in total. The normalized spacial score (nSPS) is 16.6. The van der Waals surface area contributed by atoms with Crippen molar-refractivity contribution in [2.75, 3.05) is 37.5 Å². The fourth-order valence-corrected chi connectivity index (χ4v) is 4.67. The number of rotatable bonds is 5. The van der Waals surface area contributed by atoms with Gasteiger partial charge < -0.3 is 14.4 Å². The van der Waals surface area contributed by atoms with E-state index in [1.807, 2.05) is 36.3 Å². The molecule has 1 spiro atoms. The number of methoxy groups -OCH3 is 1. The monoisotopic (exact) mass is 406 g/mol. The molecular weight excluding hydrogens is 384 g/mol. The van der Waals surface area contributed by atoms with Crippen molar-refractivity contribution in [1.29, 1.82) is 0 Å². The summed E-state index contributed by atoms with van der Waals surface area (Å²) in [7, 11) is 1.65. The maximum atomic E-state index is 5.58. The van der Waals surface area contributed by atoms with Crippen molar-refractivity contribution in [3.05, 3.63) is 54.5 Å². The van der Waals surface area contributed by atoms with Crippen molar-refractivity contribution in [1.82, 2.24) is 15.0 Å². The number of thioether (sulfide) groups is 1. The molecule has 2 aliphatic rings. The molecule has 3 aromatic rings. The van der Waals surface area contributed by atoms with Crippen LogP contribution in [0.4, 0.5) is 11.6 Å². The minimum atomic E-state index is 0.0567. The van der Waals surface area contributed by atoms with Gasteiger partial charge in [0.1, 0.15) is 5.75 Å². The van der Waals surface area contributed by atoms with Gasteiger partial charge in [0, 0.05) is 47.3 Å². The molecule has 6 nitrogen and oxygen atoms in total. The molecule has 1 aromatic carbocycles. The van der Waals surface area contributed by atoms with E-state index in [9.17, 15) is 0 Å². The maximum absolute atomic E-state index is 5.58. The minimum Gasteiger partial charge on any atom is -0.497 e. The number of nitrogens with zero attached hydrogens (tertiary/aromatic N) is 4. The average Bonchev–Trinajstić information content (AvgIpc) is 3.09. The predicted octanol–water partition coefficient (Wildman–Crippen LogP) is 4.08. The van der Waals surface area contributed by atoms with E-state index in [-0.39, 0.29) is 5.41 Å². The maximum Gasteiger partial charge on any atom is 0.229 e. The third-order valence-electron chi connectivity index (χ3n) is 5.50. The highest BCUT2D eigenvalue weighted by Gasteiger charge is 2.49. The number of hydrogen-bond acceptors (Lipinski definition) is 7. The lowest BCUT2D eigenvalue weighted by atomic mass is 9.81. The van der Waals surface area contributed by atoms with Crippen LogP contribution in [0.15, 0.2) is 53.8 Å². The van der Waals surface area contributed by atoms with Crippen LogP contribution in [0.5, 0.6) is 5.75 Å². The SMILES string of the molecule is CCSc1ccc2c(c1)N(c1ncc(-c3cc(OC)ccn3)cn1)CC21COC1. The molecule has 5 rings (SSSR count). The summed E-state index contributed by atoms with van der Waals surface area (Å²) in [4.78, 5) is 17.3. The largest absolute Gasteiger partial charge is 0.497 e. The predicted molar refractivity (Wildman–Crippen MR) is 114 cm³/mol. The first kappa shape index (κ1) is 18.4. The summed E-state index contributed by atoms with van der Waals surface area (Å²) in [5.41, 5.74) is 4.25. The van der Waals surface area contributed by atoms with Crippen LogP contribution in [0.2, 0.25) is 0 Å². The van der Waals surface area contributed by atoms with Gasteiger partial charge in [0.25, 0.3) is 0 Å². The molecule has 0 bridgehead atoms. The smallest absolute Gasteiger partial charge is 0.229 e. The number of benzene rings is 1. The molecule has 4 heterocycles. The van der Waals surface area contributed by atoms with Crippen molar-refractivity contribution < 1.29 is 9.47 Å². The number of hydrogen-bond donors (Lipinski definition) is 0. The Morgan fingerprint density at radius 2 is 1.97 bits per heavy atom. The molecular formula is C22H22N4O2S. The van der Waals surface area contributed by atoms with Gasteiger partial charge >= 0.3 is 0 Å². The molecule has 7 heteroatoms. The van der Waals surface area contributed by atoms with Crippen LogP contribution in [-0.2, 0) is 10.2 Å². The molecule has 1 saturated heterocycles. The Balaban J connectivity index is 1.49. The number of ether oxygens (including phenoxy) is 2. The van der Waals surface area contributed by atoms with Crippen molar-refractivity contribution in [2.24, 2.45) is 0 Å². The Labute approximate surface area is 174 Å². The second kappa shape index (κ2) is 7.31. The molecule has 29 heavy (non-hydrogen) atoms. The fourth-order valence-electron chi connectivity index (χ4n) is 3.98.